The first-order valence-electron chi connectivity index (χ1n) is 11.1. The molecule has 0 bridgehead atoms. The van der Waals surface area contributed by atoms with Gasteiger partial charge in [-0.2, -0.15) is 0 Å². The molecular formula is C24H31N5O3. The van der Waals surface area contributed by atoms with Crippen LogP contribution in [0.4, 0.5) is 5.82 Å². The summed E-state index contributed by atoms with van der Waals surface area (Å²) < 4.78 is 11.1. The third kappa shape index (κ3) is 5.08. The number of rotatable bonds is 9. The minimum atomic E-state index is -0.580. The molecule has 1 aliphatic carbocycles. The molecular weight excluding hydrogens is 406 g/mol. The number of anilines is 1. The number of aryl methyl sites for hydroxylation is 2. The second kappa shape index (κ2) is 9.67. The zero-order chi connectivity index (χ0) is 22.7. The van der Waals surface area contributed by atoms with Gasteiger partial charge in [-0.05, 0) is 51.8 Å². The number of hydrogen-bond acceptors (Lipinski definition) is 8. The van der Waals surface area contributed by atoms with E-state index < -0.39 is 6.10 Å². The van der Waals surface area contributed by atoms with Crippen LogP contribution in [0.3, 0.4) is 0 Å². The third-order valence-corrected chi connectivity index (χ3v) is 5.72. The number of aliphatic hydroxyl groups is 1. The Morgan fingerprint density at radius 2 is 2.03 bits per heavy atom. The largest absolute Gasteiger partial charge is 0.491 e. The van der Waals surface area contributed by atoms with Crippen molar-refractivity contribution in [2.45, 2.75) is 45.8 Å². The van der Waals surface area contributed by atoms with Gasteiger partial charge in [0.2, 0.25) is 0 Å². The van der Waals surface area contributed by atoms with Gasteiger partial charge in [0.05, 0.1) is 17.0 Å². The minimum Gasteiger partial charge on any atom is -0.491 e. The van der Waals surface area contributed by atoms with Crippen molar-refractivity contribution in [3.05, 3.63) is 41.8 Å². The van der Waals surface area contributed by atoms with Crippen LogP contribution in [-0.2, 0) is 0 Å². The lowest BCUT2D eigenvalue weighted by Crippen LogP contribution is -2.34. The van der Waals surface area contributed by atoms with Crippen molar-refractivity contribution < 1.29 is 14.4 Å². The Morgan fingerprint density at radius 1 is 1.22 bits per heavy atom. The average molecular weight is 438 g/mol. The maximum Gasteiger partial charge on any atom is 0.162 e. The second-order valence-electron chi connectivity index (χ2n) is 8.63. The van der Waals surface area contributed by atoms with Crippen LogP contribution in [-0.4, -0.2) is 52.6 Å². The Balaban J connectivity index is 1.65. The molecule has 3 N–H and O–H groups in total. The molecule has 1 aliphatic rings. The van der Waals surface area contributed by atoms with E-state index >= 15 is 0 Å². The third-order valence-electron chi connectivity index (χ3n) is 5.72. The van der Waals surface area contributed by atoms with E-state index in [0.717, 1.165) is 52.9 Å². The van der Waals surface area contributed by atoms with Gasteiger partial charge in [0, 0.05) is 24.2 Å². The average Bonchev–Trinajstić information content (AvgIpc) is 3.09. The van der Waals surface area contributed by atoms with E-state index in [1.807, 2.05) is 44.2 Å². The molecule has 3 aromatic rings. The van der Waals surface area contributed by atoms with Gasteiger partial charge in [-0.15, -0.1) is 0 Å². The topological polar surface area (TPSA) is 105 Å². The highest BCUT2D eigenvalue weighted by molar-refractivity contribution is 5.70. The summed E-state index contributed by atoms with van der Waals surface area (Å²) in [4.78, 5) is 9.63. The van der Waals surface area contributed by atoms with Gasteiger partial charge >= 0.3 is 0 Å². The Kier molecular flexibility index (Phi) is 6.72. The summed E-state index contributed by atoms with van der Waals surface area (Å²) in [5.41, 5.74) is 3.30. The summed E-state index contributed by atoms with van der Waals surface area (Å²) in [6, 6.07) is 10.0. The summed E-state index contributed by atoms with van der Waals surface area (Å²) in [6.45, 7) is 6.74. The molecule has 32 heavy (non-hydrogen) atoms. The van der Waals surface area contributed by atoms with Gasteiger partial charge in [0.25, 0.3) is 0 Å². The number of aromatic nitrogens is 3. The Bertz CT molecular complexity index is 1040. The number of nitrogens with zero attached hydrogens (tertiary/aromatic N) is 3. The smallest absolute Gasteiger partial charge is 0.162 e. The SMILES string of the molecule is CNCC(O)COc1cccc(-c2nc(N[C@H]3C[C@H](C)C3)cc(-c3c(C)noc3C)n2)c1. The Hall–Kier alpha value is -2.97. The van der Waals surface area contributed by atoms with Crippen LogP contribution in [0.15, 0.2) is 34.9 Å². The standard InChI is InChI=1S/C24H31N5O3/c1-14-8-18(9-14)26-22-11-21(23-15(2)29-32-16(23)3)27-24(28-22)17-6-5-7-20(10-17)31-13-19(30)12-25-4/h5-7,10-11,14,18-19,25,30H,8-9,12-13H2,1-4H3,(H,26,27,28)/t14-,18-,19?. The first kappa shape index (κ1) is 22.2. The molecule has 0 aliphatic heterocycles. The van der Waals surface area contributed by atoms with Crippen molar-refractivity contribution in [2.24, 2.45) is 5.92 Å². The number of aliphatic hydroxyl groups excluding tert-OH is 1. The van der Waals surface area contributed by atoms with Crippen molar-refractivity contribution in [2.75, 3.05) is 25.5 Å². The summed E-state index contributed by atoms with van der Waals surface area (Å²) in [5, 5.41) is 20.5. The van der Waals surface area contributed by atoms with Crippen molar-refractivity contribution in [3.63, 3.8) is 0 Å². The highest BCUT2D eigenvalue weighted by atomic mass is 16.5. The zero-order valence-corrected chi connectivity index (χ0v) is 19.1. The fourth-order valence-corrected chi connectivity index (χ4v) is 4.07. The molecule has 170 valence electrons. The Labute approximate surface area is 188 Å². The van der Waals surface area contributed by atoms with Gasteiger partial charge < -0.3 is 25.0 Å². The van der Waals surface area contributed by atoms with Crippen molar-refractivity contribution in [1.29, 1.82) is 0 Å². The van der Waals surface area contributed by atoms with E-state index in [1.54, 1.807) is 7.05 Å². The first-order chi connectivity index (χ1) is 15.4. The number of nitrogens with one attached hydrogen (secondary N) is 2. The normalized spacial score (nSPS) is 18.8. The molecule has 8 nitrogen and oxygen atoms in total. The van der Waals surface area contributed by atoms with Crippen LogP contribution in [0.5, 0.6) is 5.75 Å². The molecule has 1 aromatic carbocycles. The lowest BCUT2D eigenvalue weighted by Gasteiger charge is -2.33. The summed E-state index contributed by atoms with van der Waals surface area (Å²) in [5.74, 6) is 3.51. The number of hydrogen-bond donors (Lipinski definition) is 3. The quantitative estimate of drug-likeness (QED) is 0.466. The predicted octanol–water partition coefficient (Wildman–Crippen LogP) is 3.58. The maximum absolute atomic E-state index is 9.92. The fraction of sp³-hybridized carbons (Fsp3) is 0.458. The lowest BCUT2D eigenvalue weighted by atomic mass is 9.82. The summed E-state index contributed by atoms with van der Waals surface area (Å²) >= 11 is 0. The molecule has 1 saturated carbocycles. The highest BCUT2D eigenvalue weighted by Crippen LogP contribution is 2.33. The molecule has 2 heterocycles. The summed E-state index contributed by atoms with van der Waals surface area (Å²) in [7, 11) is 1.79. The van der Waals surface area contributed by atoms with Crippen LogP contribution in [0, 0.1) is 19.8 Å². The Morgan fingerprint density at radius 3 is 2.72 bits per heavy atom. The number of benzene rings is 1. The van der Waals surface area contributed by atoms with Gasteiger partial charge in [0.15, 0.2) is 5.82 Å². The second-order valence-corrected chi connectivity index (χ2v) is 8.63. The van der Waals surface area contributed by atoms with Gasteiger partial charge in [0.1, 0.15) is 30.0 Å². The predicted molar refractivity (Wildman–Crippen MR) is 124 cm³/mol. The number of ether oxygens (including phenoxy) is 1. The van der Waals surface area contributed by atoms with Gasteiger partial charge in [-0.3, -0.25) is 0 Å². The minimum absolute atomic E-state index is 0.205. The molecule has 1 fully saturated rings. The van der Waals surface area contributed by atoms with E-state index in [4.69, 9.17) is 19.2 Å². The molecule has 0 saturated heterocycles. The van der Waals surface area contributed by atoms with Gasteiger partial charge in [-0.1, -0.05) is 24.2 Å². The molecule has 2 aromatic heterocycles. The monoisotopic (exact) mass is 437 g/mol. The van der Waals surface area contributed by atoms with E-state index in [1.165, 1.54) is 0 Å². The molecule has 8 heteroatoms. The summed E-state index contributed by atoms with van der Waals surface area (Å²) in [6.07, 6.45) is 1.69. The molecule has 0 spiro atoms. The maximum atomic E-state index is 9.92. The molecule has 1 atom stereocenters. The molecule has 0 radical (unpaired) electrons. The van der Waals surface area contributed by atoms with Crippen LogP contribution in [0.1, 0.15) is 31.2 Å². The van der Waals surface area contributed by atoms with E-state index in [2.05, 4.69) is 22.7 Å². The van der Waals surface area contributed by atoms with Gasteiger partial charge in [-0.25, -0.2) is 9.97 Å². The van der Waals surface area contributed by atoms with Crippen LogP contribution in [0.2, 0.25) is 0 Å². The zero-order valence-electron chi connectivity index (χ0n) is 19.1. The molecule has 4 rings (SSSR count). The molecule has 1 unspecified atom stereocenters. The van der Waals surface area contributed by atoms with Crippen LogP contribution in [0.25, 0.3) is 22.6 Å². The van der Waals surface area contributed by atoms with Crippen LogP contribution >= 0.6 is 0 Å². The highest BCUT2D eigenvalue weighted by Gasteiger charge is 2.26. The van der Waals surface area contributed by atoms with Crippen molar-refractivity contribution >= 4 is 5.82 Å². The van der Waals surface area contributed by atoms with Crippen molar-refractivity contribution in [3.8, 4) is 28.4 Å². The van der Waals surface area contributed by atoms with E-state index in [9.17, 15) is 5.11 Å². The number of likely N-dealkylation sites (N-methyl/N-ethyl adjacent to an activating group) is 1. The van der Waals surface area contributed by atoms with E-state index in [-0.39, 0.29) is 6.61 Å². The fourth-order valence-electron chi connectivity index (χ4n) is 4.07. The van der Waals surface area contributed by atoms with Crippen molar-refractivity contribution in [1.82, 2.24) is 20.4 Å². The van der Waals surface area contributed by atoms with E-state index in [0.29, 0.717) is 24.2 Å². The molecule has 0 amide bonds. The lowest BCUT2D eigenvalue weighted by molar-refractivity contribution is 0.108. The first-order valence-corrected chi connectivity index (χ1v) is 11.1. The van der Waals surface area contributed by atoms with Crippen LogP contribution < -0.4 is 15.4 Å².